The molecule has 0 aliphatic rings. The summed E-state index contributed by atoms with van der Waals surface area (Å²) < 4.78 is 1.58. The molecule has 2 rings (SSSR count). The van der Waals surface area contributed by atoms with Gasteiger partial charge in [-0.05, 0) is 13.0 Å². The smallest absolute Gasteiger partial charge is 0.241 e. The average Bonchev–Trinajstić information content (AvgIpc) is 2.96. The first-order chi connectivity index (χ1) is 10.5. The zero-order valence-corrected chi connectivity index (χ0v) is 13.1. The average molecular weight is 303 g/mol. The van der Waals surface area contributed by atoms with Gasteiger partial charge in [-0.1, -0.05) is 0 Å². The van der Waals surface area contributed by atoms with E-state index < -0.39 is 0 Å². The van der Waals surface area contributed by atoms with Crippen LogP contribution in [0.2, 0.25) is 0 Å². The van der Waals surface area contributed by atoms with Crippen LogP contribution in [-0.4, -0.2) is 52.8 Å². The molecule has 0 spiro atoms. The van der Waals surface area contributed by atoms with Crippen molar-refractivity contribution in [3.63, 3.8) is 0 Å². The van der Waals surface area contributed by atoms with Crippen molar-refractivity contribution in [2.24, 2.45) is 0 Å². The summed E-state index contributed by atoms with van der Waals surface area (Å²) in [5, 5.41) is 9.99. The molecule has 118 valence electrons. The van der Waals surface area contributed by atoms with E-state index in [9.17, 15) is 4.79 Å². The number of carbonyl (C=O) groups is 1. The van der Waals surface area contributed by atoms with E-state index >= 15 is 0 Å². The summed E-state index contributed by atoms with van der Waals surface area (Å²) in [6.07, 6.45) is 3.40. The van der Waals surface area contributed by atoms with Gasteiger partial charge in [-0.15, -0.1) is 0 Å². The highest BCUT2D eigenvalue weighted by atomic mass is 16.2. The Labute approximate surface area is 129 Å². The fourth-order valence-corrected chi connectivity index (χ4v) is 1.86. The normalized spacial score (nSPS) is 10.3. The molecule has 22 heavy (non-hydrogen) atoms. The second kappa shape index (κ2) is 7.39. The maximum absolute atomic E-state index is 11.7. The number of hydrogen-bond acceptors (Lipinski definition) is 6. The molecule has 8 heteroatoms. The van der Waals surface area contributed by atoms with Crippen molar-refractivity contribution in [2.75, 3.05) is 37.4 Å². The standard InChI is InChI=1S/C14H21N7O/c1-11-18-12(9-13(19-11)20(2)3)15-6-7-16-14(22)10-21-8-4-5-17-21/h4-5,8-9H,6-7,10H2,1-3H3,(H,16,22)(H,15,18,19). The van der Waals surface area contributed by atoms with E-state index in [1.807, 2.05) is 32.0 Å². The number of nitrogens with zero attached hydrogens (tertiary/aromatic N) is 5. The van der Waals surface area contributed by atoms with E-state index in [0.717, 1.165) is 11.6 Å². The summed E-state index contributed by atoms with van der Waals surface area (Å²) in [5.74, 6) is 2.23. The molecule has 0 aromatic carbocycles. The van der Waals surface area contributed by atoms with Crippen molar-refractivity contribution >= 4 is 17.5 Å². The molecular weight excluding hydrogens is 282 g/mol. The third kappa shape index (κ3) is 4.72. The van der Waals surface area contributed by atoms with Gasteiger partial charge in [-0.3, -0.25) is 9.48 Å². The molecule has 0 saturated heterocycles. The molecule has 2 N–H and O–H groups in total. The zero-order chi connectivity index (χ0) is 15.9. The molecule has 0 fully saturated rings. The molecule has 0 bridgehead atoms. The third-order valence-electron chi connectivity index (χ3n) is 2.90. The number of amides is 1. The Morgan fingerprint density at radius 1 is 1.32 bits per heavy atom. The molecule has 2 aromatic rings. The van der Waals surface area contributed by atoms with E-state index in [2.05, 4.69) is 25.7 Å². The van der Waals surface area contributed by atoms with E-state index in [1.54, 1.807) is 23.1 Å². The van der Waals surface area contributed by atoms with Gasteiger partial charge in [0.05, 0.1) is 0 Å². The maximum atomic E-state index is 11.7. The number of nitrogens with one attached hydrogen (secondary N) is 2. The van der Waals surface area contributed by atoms with Gasteiger partial charge in [0, 0.05) is 45.6 Å². The first-order valence-corrected chi connectivity index (χ1v) is 7.05. The molecule has 2 heterocycles. The van der Waals surface area contributed by atoms with Gasteiger partial charge in [-0.25, -0.2) is 9.97 Å². The van der Waals surface area contributed by atoms with Crippen molar-refractivity contribution in [3.8, 4) is 0 Å². The summed E-state index contributed by atoms with van der Waals surface area (Å²) in [6, 6.07) is 3.66. The molecule has 8 nitrogen and oxygen atoms in total. The monoisotopic (exact) mass is 303 g/mol. The Morgan fingerprint density at radius 2 is 2.14 bits per heavy atom. The predicted molar refractivity (Wildman–Crippen MR) is 84.8 cm³/mol. The summed E-state index contributed by atoms with van der Waals surface area (Å²) in [4.78, 5) is 22.3. The van der Waals surface area contributed by atoms with Crippen LogP contribution >= 0.6 is 0 Å². The summed E-state index contributed by atoms with van der Waals surface area (Å²) in [5.41, 5.74) is 0. The van der Waals surface area contributed by atoms with Crippen molar-refractivity contribution in [1.82, 2.24) is 25.1 Å². The molecule has 0 radical (unpaired) electrons. The van der Waals surface area contributed by atoms with Gasteiger partial charge in [-0.2, -0.15) is 5.10 Å². The van der Waals surface area contributed by atoms with Crippen LogP contribution in [0.1, 0.15) is 5.82 Å². The molecule has 2 aromatic heterocycles. The second-order valence-corrected chi connectivity index (χ2v) is 5.03. The first-order valence-electron chi connectivity index (χ1n) is 7.05. The van der Waals surface area contributed by atoms with Crippen molar-refractivity contribution in [1.29, 1.82) is 0 Å². The fraction of sp³-hybridized carbons (Fsp3) is 0.429. The van der Waals surface area contributed by atoms with Crippen LogP contribution < -0.4 is 15.5 Å². The summed E-state index contributed by atoms with van der Waals surface area (Å²) in [7, 11) is 3.86. The number of rotatable bonds is 7. The van der Waals surface area contributed by atoms with Crippen molar-refractivity contribution < 1.29 is 4.79 Å². The highest BCUT2D eigenvalue weighted by Crippen LogP contribution is 2.12. The maximum Gasteiger partial charge on any atom is 0.241 e. The largest absolute Gasteiger partial charge is 0.368 e. The Kier molecular flexibility index (Phi) is 5.29. The number of anilines is 2. The lowest BCUT2D eigenvalue weighted by atomic mass is 10.4. The van der Waals surface area contributed by atoms with Crippen LogP contribution in [-0.2, 0) is 11.3 Å². The first kappa shape index (κ1) is 15.7. The predicted octanol–water partition coefficient (Wildman–Crippen LogP) is 0.276. The number of aromatic nitrogens is 4. The van der Waals surface area contributed by atoms with Crippen LogP contribution in [0.15, 0.2) is 24.5 Å². The Morgan fingerprint density at radius 3 is 2.82 bits per heavy atom. The lowest BCUT2D eigenvalue weighted by Gasteiger charge is -2.14. The highest BCUT2D eigenvalue weighted by molar-refractivity contribution is 5.75. The number of aryl methyl sites for hydroxylation is 1. The lowest BCUT2D eigenvalue weighted by Crippen LogP contribution is -2.32. The van der Waals surface area contributed by atoms with E-state index in [4.69, 9.17) is 0 Å². The molecule has 0 unspecified atom stereocenters. The lowest BCUT2D eigenvalue weighted by molar-refractivity contribution is -0.121. The third-order valence-corrected chi connectivity index (χ3v) is 2.90. The topological polar surface area (TPSA) is 88.0 Å². The van der Waals surface area contributed by atoms with Gasteiger partial charge < -0.3 is 15.5 Å². The number of hydrogen-bond donors (Lipinski definition) is 2. The van der Waals surface area contributed by atoms with Crippen LogP contribution in [0.5, 0.6) is 0 Å². The van der Waals surface area contributed by atoms with E-state index in [1.165, 1.54) is 0 Å². The van der Waals surface area contributed by atoms with E-state index in [-0.39, 0.29) is 12.5 Å². The molecule has 1 amide bonds. The number of carbonyl (C=O) groups excluding carboxylic acids is 1. The van der Waals surface area contributed by atoms with Gasteiger partial charge in [0.25, 0.3) is 0 Å². The van der Waals surface area contributed by atoms with Crippen LogP contribution in [0.3, 0.4) is 0 Å². The van der Waals surface area contributed by atoms with Crippen molar-refractivity contribution in [2.45, 2.75) is 13.5 Å². The Balaban J connectivity index is 1.75. The Bertz CT molecular complexity index is 610. The van der Waals surface area contributed by atoms with Gasteiger partial charge in [0.15, 0.2) is 0 Å². The zero-order valence-electron chi connectivity index (χ0n) is 13.1. The fourth-order valence-electron chi connectivity index (χ4n) is 1.86. The second-order valence-electron chi connectivity index (χ2n) is 5.03. The molecule has 0 aliphatic heterocycles. The molecule has 0 saturated carbocycles. The molecular formula is C14H21N7O. The summed E-state index contributed by atoms with van der Waals surface area (Å²) in [6.45, 7) is 3.18. The minimum Gasteiger partial charge on any atom is -0.368 e. The van der Waals surface area contributed by atoms with Crippen LogP contribution in [0.25, 0.3) is 0 Å². The van der Waals surface area contributed by atoms with Gasteiger partial charge in [0.1, 0.15) is 24.0 Å². The molecule has 0 aliphatic carbocycles. The quantitative estimate of drug-likeness (QED) is 0.714. The minimum atomic E-state index is -0.0710. The SMILES string of the molecule is Cc1nc(NCCNC(=O)Cn2cccn2)cc(N(C)C)n1. The molecule has 0 atom stereocenters. The minimum absolute atomic E-state index is 0.0710. The van der Waals surface area contributed by atoms with Crippen molar-refractivity contribution in [3.05, 3.63) is 30.4 Å². The van der Waals surface area contributed by atoms with E-state index in [0.29, 0.717) is 18.9 Å². The van der Waals surface area contributed by atoms with Gasteiger partial charge in [0.2, 0.25) is 5.91 Å². The van der Waals surface area contributed by atoms with Crippen LogP contribution in [0, 0.1) is 6.92 Å². The Hall–Kier alpha value is -2.64. The van der Waals surface area contributed by atoms with Gasteiger partial charge >= 0.3 is 0 Å². The van der Waals surface area contributed by atoms with Crippen LogP contribution in [0.4, 0.5) is 11.6 Å². The summed E-state index contributed by atoms with van der Waals surface area (Å²) >= 11 is 0. The highest BCUT2D eigenvalue weighted by Gasteiger charge is 2.04.